The summed E-state index contributed by atoms with van der Waals surface area (Å²) < 4.78 is 15.2. The van der Waals surface area contributed by atoms with Crippen molar-refractivity contribution < 1.29 is 4.39 Å². The van der Waals surface area contributed by atoms with Crippen molar-refractivity contribution in [3.63, 3.8) is 0 Å². The summed E-state index contributed by atoms with van der Waals surface area (Å²) in [5, 5.41) is 7.98. The van der Waals surface area contributed by atoms with E-state index in [9.17, 15) is 4.39 Å². The van der Waals surface area contributed by atoms with Gasteiger partial charge in [0.2, 0.25) is 0 Å². The van der Waals surface area contributed by atoms with Crippen molar-refractivity contribution in [2.45, 2.75) is 33.2 Å². The Balaban J connectivity index is 2.47. The van der Waals surface area contributed by atoms with Crippen LogP contribution in [0.25, 0.3) is 0 Å². The summed E-state index contributed by atoms with van der Waals surface area (Å²) in [5.74, 6) is -0.194. The molecule has 0 saturated heterocycles. The maximum atomic E-state index is 13.3. The molecule has 4 heteroatoms. The van der Waals surface area contributed by atoms with Crippen LogP contribution in [0, 0.1) is 12.7 Å². The molecule has 0 amide bonds. The average Bonchev–Trinajstić information content (AvgIpc) is 2.78. The SMILES string of the molecule is CCNC(c1ccc(F)cc1C)c1cc(CC)nn1C. The summed E-state index contributed by atoms with van der Waals surface area (Å²) in [6.45, 7) is 6.95. The molecule has 20 heavy (non-hydrogen) atoms. The molecule has 1 aromatic carbocycles. The van der Waals surface area contributed by atoms with Crippen LogP contribution in [0.2, 0.25) is 0 Å². The number of benzene rings is 1. The van der Waals surface area contributed by atoms with Gasteiger partial charge in [-0.3, -0.25) is 4.68 Å². The van der Waals surface area contributed by atoms with E-state index in [1.54, 1.807) is 6.07 Å². The normalized spacial score (nSPS) is 12.7. The Morgan fingerprint density at radius 3 is 2.60 bits per heavy atom. The zero-order valence-corrected chi connectivity index (χ0v) is 12.6. The summed E-state index contributed by atoms with van der Waals surface area (Å²) in [6.07, 6.45) is 0.912. The molecule has 3 nitrogen and oxygen atoms in total. The number of halogens is 1. The summed E-state index contributed by atoms with van der Waals surface area (Å²) >= 11 is 0. The third-order valence-corrected chi connectivity index (χ3v) is 3.58. The van der Waals surface area contributed by atoms with Gasteiger partial charge < -0.3 is 5.32 Å². The molecule has 0 aliphatic heterocycles. The Bertz CT molecular complexity index is 589. The minimum absolute atomic E-state index is 0.0402. The van der Waals surface area contributed by atoms with Gasteiger partial charge in [0.15, 0.2) is 0 Å². The molecule has 0 fully saturated rings. The molecule has 2 aromatic rings. The fraction of sp³-hybridized carbons (Fsp3) is 0.438. The number of aromatic nitrogens is 2. The van der Waals surface area contributed by atoms with E-state index in [1.807, 2.05) is 24.7 Å². The lowest BCUT2D eigenvalue weighted by Gasteiger charge is -2.20. The highest BCUT2D eigenvalue weighted by Gasteiger charge is 2.19. The van der Waals surface area contributed by atoms with Crippen molar-refractivity contribution in [1.29, 1.82) is 0 Å². The van der Waals surface area contributed by atoms with Crippen LogP contribution in [0.3, 0.4) is 0 Å². The molecule has 1 unspecified atom stereocenters. The van der Waals surface area contributed by atoms with Gasteiger partial charge in [0.1, 0.15) is 5.82 Å². The number of aryl methyl sites for hydroxylation is 3. The van der Waals surface area contributed by atoms with Crippen molar-refractivity contribution in [2.24, 2.45) is 7.05 Å². The van der Waals surface area contributed by atoms with Crippen LogP contribution in [0.5, 0.6) is 0 Å². The monoisotopic (exact) mass is 275 g/mol. The maximum absolute atomic E-state index is 13.3. The number of nitrogens with one attached hydrogen (secondary N) is 1. The predicted octanol–water partition coefficient (Wildman–Crippen LogP) is 3.13. The smallest absolute Gasteiger partial charge is 0.123 e. The molecule has 2 rings (SSSR count). The van der Waals surface area contributed by atoms with Gasteiger partial charge in [0, 0.05) is 7.05 Å². The Morgan fingerprint density at radius 2 is 2.05 bits per heavy atom. The van der Waals surface area contributed by atoms with Gasteiger partial charge in [0.05, 0.1) is 17.4 Å². The van der Waals surface area contributed by atoms with E-state index >= 15 is 0 Å². The molecule has 1 atom stereocenters. The first-order chi connectivity index (χ1) is 9.56. The number of hydrogen-bond donors (Lipinski definition) is 1. The summed E-state index contributed by atoms with van der Waals surface area (Å²) in [6, 6.07) is 7.12. The van der Waals surface area contributed by atoms with Gasteiger partial charge >= 0.3 is 0 Å². The molecule has 1 N–H and O–H groups in total. The third-order valence-electron chi connectivity index (χ3n) is 3.58. The number of rotatable bonds is 5. The Hall–Kier alpha value is -1.68. The van der Waals surface area contributed by atoms with E-state index in [-0.39, 0.29) is 11.9 Å². The highest BCUT2D eigenvalue weighted by atomic mass is 19.1. The number of hydrogen-bond acceptors (Lipinski definition) is 2. The molecule has 1 aromatic heterocycles. The molecular formula is C16H22FN3. The fourth-order valence-corrected chi connectivity index (χ4v) is 2.53. The van der Waals surface area contributed by atoms with E-state index in [0.717, 1.165) is 35.5 Å². The van der Waals surface area contributed by atoms with E-state index in [1.165, 1.54) is 6.07 Å². The van der Waals surface area contributed by atoms with Crippen molar-refractivity contribution in [3.05, 3.63) is 52.6 Å². The van der Waals surface area contributed by atoms with E-state index in [0.29, 0.717) is 0 Å². The van der Waals surface area contributed by atoms with E-state index in [4.69, 9.17) is 0 Å². The second-order valence-electron chi connectivity index (χ2n) is 5.03. The quantitative estimate of drug-likeness (QED) is 0.908. The molecule has 0 aliphatic carbocycles. The predicted molar refractivity (Wildman–Crippen MR) is 79.2 cm³/mol. The van der Waals surface area contributed by atoms with Crippen LogP contribution in [0.4, 0.5) is 4.39 Å². The lowest BCUT2D eigenvalue weighted by molar-refractivity contribution is 0.566. The first kappa shape index (κ1) is 14.7. The average molecular weight is 275 g/mol. The van der Waals surface area contributed by atoms with E-state index < -0.39 is 0 Å². The summed E-state index contributed by atoms with van der Waals surface area (Å²) in [4.78, 5) is 0. The highest BCUT2D eigenvalue weighted by molar-refractivity contribution is 5.35. The summed E-state index contributed by atoms with van der Waals surface area (Å²) in [7, 11) is 1.96. The number of nitrogens with zero attached hydrogens (tertiary/aromatic N) is 2. The first-order valence-corrected chi connectivity index (χ1v) is 7.09. The molecule has 0 bridgehead atoms. The largest absolute Gasteiger partial charge is 0.305 e. The summed E-state index contributed by atoms with van der Waals surface area (Å²) in [5.41, 5.74) is 4.23. The van der Waals surface area contributed by atoms with Crippen molar-refractivity contribution in [2.75, 3.05) is 6.54 Å². The van der Waals surface area contributed by atoms with Gasteiger partial charge in [-0.05, 0) is 49.2 Å². The van der Waals surface area contributed by atoms with E-state index in [2.05, 4.69) is 30.3 Å². The van der Waals surface area contributed by atoms with Crippen molar-refractivity contribution in [3.8, 4) is 0 Å². The Morgan fingerprint density at radius 1 is 1.30 bits per heavy atom. The fourth-order valence-electron chi connectivity index (χ4n) is 2.53. The minimum Gasteiger partial charge on any atom is -0.305 e. The Labute approximate surface area is 119 Å². The van der Waals surface area contributed by atoms with Crippen LogP contribution >= 0.6 is 0 Å². The lowest BCUT2D eigenvalue weighted by Crippen LogP contribution is -2.25. The molecule has 0 saturated carbocycles. The zero-order chi connectivity index (χ0) is 14.7. The highest BCUT2D eigenvalue weighted by Crippen LogP contribution is 2.26. The van der Waals surface area contributed by atoms with Crippen LogP contribution in [0.1, 0.15) is 42.4 Å². The lowest BCUT2D eigenvalue weighted by atomic mass is 9.98. The van der Waals surface area contributed by atoms with Crippen LogP contribution in [-0.2, 0) is 13.5 Å². The molecule has 1 heterocycles. The van der Waals surface area contributed by atoms with Gasteiger partial charge in [0.25, 0.3) is 0 Å². The molecule has 108 valence electrons. The minimum atomic E-state index is -0.194. The van der Waals surface area contributed by atoms with Crippen LogP contribution < -0.4 is 5.32 Å². The van der Waals surface area contributed by atoms with Gasteiger partial charge in [-0.2, -0.15) is 5.10 Å². The zero-order valence-electron chi connectivity index (χ0n) is 12.6. The van der Waals surface area contributed by atoms with Crippen molar-refractivity contribution in [1.82, 2.24) is 15.1 Å². The second kappa shape index (κ2) is 6.18. The topological polar surface area (TPSA) is 29.9 Å². The molecular weight excluding hydrogens is 253 g/mol. The second-order valence-corrected chi connectivity index (χ2v) is 5.03. The Kier molecular flexibility index (Phi) is 4.55. The third kappa shape index (κ3) is 2.90. The van der Waals surface area contributed by atoms with Gasteiger partial charge in [-0.25, -0.2) is 4.39 Å². The van der Waals surface area contributed by atoms with Crippen LogP contribution in [0.15, 0.2) is 24.3 Å². The molecule has 0 spiro atoms. The van der Waals surface area contributed by atoms with Crippen molar-refractivity contribution >= 4 is 0 Å². The van der Waals surface area contributed by atoms with Gasteiger partial charge in [-0.15, -0.1) is 0 Å². The molecule has 0 aliphatic rings. The van der Waals surface area contributed by atoms with Gasteiger partial charge in [-0.1, -0.05) is 19.9 Å². The first-order valence-electron chi connectivity index (χ1n) is 7.09. The standard InChI is InChI=1S/C16H22FN3/c1-5-13-10-15(20(4)19-13)16(18-6-2)14-8-7-12(17)9-11(14)3/h7-10,16,18H,5-6H2,1-4H3. The van der Waals surface area contributed by atoms with Crippen LogP contribution in [-0.4, -0.2) is 16.3 Å². The molecule has 0 radical (unpaired) electrons. The maximum Gasteiger partial charge on any atom is 0.123 e.